The summed E-state index contributed by atoms with van der Waals surface area (Å²) in [6.45, 7) is 11.0. The van der Waals surface area contributed by atoms with Gasteiger partial charge in [0.1, 0.15) is 34.6 Å². The van der Waals surface area contributed by atoms with E-state index in [0.717, 1.165) is 36.1 Å². The lowest BCUT2D eigenvalue weighted by Gasteiger charge is -2.33. The minimum Gasteiger partial charge on any atom is -0.484 e. The minimum atomic E-state index is -0.499. The normalized spacial score (nSPS) is 17.0. The van der Waals surface area contributed by atoms with Crippen LogP contribution in [-0.4, -0.2) is 55.2 Å². The summed E-state index contributed by atoms with van der Waals surface area (Å²) < 4.78 is 15.6. The Labute approximate surface area is 210 Å². The van der Waals surface area contributed by atoms with E-state index >= 15 is 0 Å². The van der Waals surface area contributed by atoms with E-state index in [0.29, 0.717) is 29.9 Å². The third-order valence-electron chi connectivity index (χ3n) is 6.78. The molecule has 3 aromatic heterocycles. The molecule has 0 spiro atoms. The highest BCUT2D eigenvalue weighted by molar-refractivity contribution is 5.76. The van der Waals surface area contributed by atoms with Crippen LogP contribution in [0.2, 0.25) is 0 Å². The van der Waals surface area contributed by atoms with Crippen LogP contribution >= 0.6 is 0 Å². The molecule has 1 saturated heterocycles. The van der Waals surface area contributed by atoms with Crippen molar-refractivity contribution in [3.63, 3.8) is 0 Å². The second-order valence-corrected chi connectivity index (χ2v) is 10.6. The summed E-state index contributed by atoms with van der Waals surface area (Å²) in [5.74, 6) is 0.639. The van der Waals surface area contributed by atoms with Gasteiger partial charge in [-0.2, -0.15) is 15.5 Å². The van der Waals surface area contributed by atoms with Crippen molar-refractivity contribution in [2.45, 2.75) is 71.6 Å². The maximum atomic E-state index is 12.4. The zero-order chi connectivity index (χ0) is 25.6. The van der Waals surface area contributed by atoms with Crippen molar-refractivity contribution in [2.24, 2.45) is 0 Å². The van der Waals surface area contributed by atoms with Crippen molar-refractivity contribution in [2.75, 3.05) is 13.1 Å². The van der Waals surface area contributed by atoms with Crippen LogP contribution in [0.4, 0.5) is 4.79 Å². The second kappa shape index (κ2) is 9.01. The topological polar surface area (TPSA) is 97.7 Å². The molecule has 1 amide bonds. The van der Waals surface area contributed by atoms with Crippen molar-refractivity contribution < 1.29 is 14.3 Å². The standard InChI is InChI=1S/C27H32N6O3/c1-17-23(15-30-33(17)22-8-10-31(11-9-22)26(34)36-27(3,4)5)20-12-24(35-18(2)19-6-7-19)25-21(13-28)14-29-32(25)16-20/h6,12,14-16,18,22H,7-11H2,1-5H3/t18-/m1/s1. The molecule has 5 rings (SSSR count). The molecule has 0 unspecified atom stereocenters. The lowest BCUT2D eigenvalue weighted by molar-refractivity contribution is 0.0184. The van der Waals surface area contributed by atoms with Crippen molar-refractivity contribution >= 4 is 11.6 Å². The number of hydrogen-bond donors (Lipinski definition) is 0. The zero-order valence-electron chi connectivity index (χ0n) is 21.5. The second-order valence-electron chi connectivity index (χ2n) is 10.6. The number of carbonyl (C=O) groups is 1. The molecule has 188 valence electrons. The number of amides is 1. The number of fused-ring (bicyclic) bond motifs is 1. The lowest BCUT2D eigenvalue weighted by atomic mass is 10.0. The van der Waals surface area contributed by atoms with Gasteiger partial charge in [0.05, 0.1) is 18.4 Å². The predicted molar refractivity (Wildman–Crippen MR) is 135 cm³/mol. The van der Waals surface area contributed by atoms with Gasteiger partial charge < -0.3 is 14.4 Å². The average Bonchev–Trinajstić information content (AvgIpc) is 3.49. The Morgan fingerprint density at radius 1 is 1.22 bits per heavy atom. The summed E-state index contributed by atoms with van der Waals surface area (Å²) in [5, 5.41) is 18.7. The number of likely N-dealkylation sites (tertiary alicyclic amines) is 1. The minimum absolute atomic E-state index is 0.0514. The molecule has 9 heteroatoms. The average molecular weight is 489 g/mol. The van der Waals surface area contributed by atoms with E-state index in [1.165, 1.54) is 5.57 Å². The van der Waals surface area contributed by atoms with Gasteiger partial charge >= 0.3 is 6.09 Å². The molecule has 3 aromatic rings. The zero-order valence-corrected chi connectivity index (χ0v) is 21.5. The number of carbonyl (C=O) groups excluding carboxylic acids is 1. The van der Waals surface area contributed by atoms with E-state index in [1.54, 1.807) is 15.6 Å². The molecule has 0 N–H and O–H groups in total. The van der Waals surface area contributed by atoms with Gasteiger partial charge in [0.25, 0.3) is 0 Å². The number of nitrogens with zero attached hydrogens (tertiary/aromatic N) is 6. The highest BCUT2D eigenvalue weighted by atomic mass is 16.6. The fraction of sp³-hybridized carbons (Fsp3) is 0.481. The molecule has 0 radical (unpaired) electrons. The highest BCUT2D eigenvalue weighted by Crippen LogP contribution is 2.35. The van der Waals surface area contributed by atoms with Crippen LogP contribution in [0.25, 0.3) is 16.6 Å². The van der Waals surface area contributed by atoms with Gasteiger partial charge in [0.2, 0.25) is 0 Å². The highest BCUT2D eigenvalue weighted by Gasteiger charge is 2.29. The number of allylic oxidation sites excluding steroid dienone is 1. The molecule has 36 heavy (non-hydrogen) atoms. The molecule has 4 heterocycles. The van der Waals surface area contributed by atoms with E-state index in [1.807, 2.05) is 46.2 Å². The summed E-state index contributed by atoms with van der Waals surface area (Å²) >= 11 is 0. The quantitative estimate of drug-likeness (QED) is 0.466. The number of nitriles is 1. The smallest absolute Gasteiger partial charge is 0.410 e. The number of piperidine rings is 1. The van der Waals surface area contributed by atoms with Crippen LogP contribution in [0.1, 0.15) is 64.3 Å². The van der Waals surface area contributed by atoms with Crippen molar-refractivity contribution in [3.8, 4) is 22.9 Å². The SMILES string of the molecule is Cc1c(-c2cc(O[C@H](C)C3=CC3)c3c(C#N)cnn3c2)cnn1C1CCN(C(=O)OC(C)(C)C)CC1. The first-order valence-electron chi connectivity index (χ1n) is 12.4. The third kappa shape index (κ3) is 4.68. The Kier molecular flexibility index (Phi) is 5.99. The van der Waals surface area contributed by atoms with E-state index in [2.05, 4.69) is 28.8 Å². The van der Waals surface area contributed by atoms with Crippen LogP contribution in [0, 0.1) is 18.3 Å². The van der Waals surface area contributed by atoms with Crippen LogP contribution in [-0.2, 0) is 4.74 Å². The van der Waals surface area contributed by atoms with E-state index in [4.69, 9.17) is 14.6 Å². The number of hydrogen-bond acceptors (Lipinski definition) is 6. The molecule has 0 saturated carbocycles. The monoisotopic (exact) mass is 488 g/mol. The number of rotatable bonds is 5. The molecule has 2 aliphatic rings. The predicted octanol–water partition coefficient (Wildman–Crippen LogP) is 5.05. The number of aromatic nitrogens is 4. The van der Waals surface area contributed by atoms with Crippen molar-refractivity contribution in [1.82, 2.24) is 24.3 Å². The maximum Gasteiger partial charge on any atom is 0.410 e. The van der Waals surface area contributed by atoms with Crippen molar-refractivity contribution in [1.29, 1.82) is 5.26 Å². The largest absolute Gasteiger partial charge is 0.484 e. The summed E-state index contributed by atoms with van der Waals surface area (Å²) in [6, 6.07) is 4.40. The van der Waals surface area contributed by atoms with Crippen LogP contribution < -0.4 is 4.74 Å². The Balaban J connectivity index is 1.39. The van der Waals surface area contributed by atoms with Gasteiger partial charge in [-0.05, 0) is 65.5 Å². The molecular weight excluding hydrogens is 456 g/mol. The molecule has 0 aromatic carbocycles. The van der Waals surface area contributed by atoms with Gasteiger partial charge in [-0.25, -0.2) is 9.31 Å². The molecule has 1 fully saturated rings. The molecular formula is C27H32N6O3. The third-order valence-corrected chi connectivity index (χ3v) is 6.78. The summed E-state index contributed by atoms with van der Waals surface area (Å²) in [4.78, 5) is 14.2. The maximum absolute atomic E-state index is 12.4. The Bertz CT molecular complexity index is 1380. The Morgan fingerprint density at radius 3 is 2.58 bits per heavy atom. The van der Waals surface area contributed by atoms with E-state index in [9.17, 15) is 10.1 Å². The van der Waals surface area contributed by atoms with Crippen LogP contribution in [0.5, 0.6) is 5.75 Å². The van der Waals surface area contributed by atoms with Gasteiger partial charge in [0.15, 0.2) is 0 Å². The molecule has 9 nitrogen and oxygen atoms in total. The Hall–Kier alpha value is -3.80. The number of ether oxygens (including phenoxy) is 2. The summed E-state index contributed by atoms with van der Waals surface area (Å²) in [7, 11) is 0. The van der Waals surface area contributed by atoms with Gasteiger partial charge in [-0.1, -0.05) is 6.08 Å². The first kappa shape index (κ1) is 23.9. The molecule has 1 aliphatic heterocycles. The van der Waals surface area contributed by atoms with E-state index < -0.39 is 5.60 Å². The fourth-order valence-electron chi connectivity index (χ4n) is 4.75. The molecule has 1 atom stereocenters. The number of pyridine rings is 1. The summed E-state index contributed by atoms with van der Waals surface area (Å²) in [5.41, 5.74) is 4.88. The summed E-state index contributed by atoms with van der Waals surface area (Å²) in [6.07, 6.45) is 9.80. The van der Waals surface area contributed by atoms with Gasteiger partial charge in [0, 0.05) is 36.1 Å². The van der Waals surface area contributed by atoms with Crippen molar-refractivity contribution in [3.05, 3.63) is 47.6 Å². The Morgan fingerprint density at radius 2 is 1.94 bits per heavy atom. The van der Waals surface area contributed by atoms with Gasteiger partial charge in [-0.15, -0.1) is 0 Å². The van der Waals surface area contributed by atoms with Crippen LogP contribution in [0.3, 0.4) is 0 Å². The van der Waals surface area contributed by atoms with Crippen LogP contribution in [0.15, 0.2) is 36.3 Å². The lowest BCUT2D eigenvalue weighted by Crippen LogP contribution is -2.42. The van der Waals surface area contributed by atoms with Gasteiger partial charge in [-0.3, -0.25) is 4.68 Å². The fourth-order valence-corrected chi connectivity index (χ4v) is 4.75. The molecule has 1 aliphatic carbocycles. The van der Waals surface area contributed by atoms with E-state index in [-0.39, 0.29) is 18.2 Å². The first-order valence-corrected chi connectivity index (χ1v) is 12.4. The molecule has 0 bridgehead atoms. The first-order chi connectivity index (χ1) is 17.1.